The molecule has 2 aromatic rings. The minimum absolute atomic E-state index is 0.702. The van der Waals surface area contributed by atoms with E-state index in [2.05, 4.69) is 41.5 Å². The van der Waals surface area contributed by atoms with Crippen LogP contribution >= 0.6 is 0 Å². The number of imidazole rings is 1. The van der Waals surface area contributed by atoms with Crippen molar-refractivity contribution in [1.82, 2.24) is 14.9 Å². The van der Waals surface area contributed by atoms with Crippen LogP contribution in [-0.2, 0) is 6.54 Å². The lowest BCUT2D eigenvalue weighted by Gasteiger charge is -2.17. The van der Waals surface area contributed by atoms with Crippen molar-refractivity contribution in [3.05, 3.63) is 48.5 Å². The first-order valence-corrected chi connectivity index (χ1v) is 7.13. The molecule has 0 amide bonds. The van der Waals surface area contributed by atoms with Crippen LogP contribution in [0.2, 0.25) is 0 Å². The molecule has 1 saturated carbocycles. The van der Waals surface area contributed by atoms with Crippen LogP contribution in [0.5, 0.6) is 0 Å². The Bertz CT molecular complexity index is 501. The van der Waals surface area contributed by atoms with Gasteiger partial charge in [0, 0.05) is 30.7 Å². The molecule has 3 heteroatoms. The van der Waals surface area contributed by atoms with E-state index in [1.165, 1.54) is 24.8 Å². The summed E-state index contributed by atoms with van der Waals surface area (Å²) < 4.78 is 2.02. The Morgan fingerprint density at radius 2 is 2.11 bits per heavy atom. The Labute approximate surface area is 114 Å². The normalized spacial score (nSPS) is 22.8. The second-order valence-corrected chi connectivity index (χ2v) is 5.53. The van der Waals surface area contributed by atoms with Crippen LogP contribution in [0.25, 0.3) is 5.69 Å². The van der Waals surface area contributed by atoms with Gasteiger partial charge in [-0.2, -0.15) is 0 Å². The molecule has 1 aliphatic rings. The predicted molar refractivity (Wildman–Crippen MR) is 77.2 cm³/mol. The summed E-state index contributed by atoms with van der Waals surface area (Å²) >= 11 is 0. The van der Waals surface area contributed by atoms with Gasteiger partial charge in [0.1, 0.15) is 0 Å². The Morgan fingerprint density at radius 3 is 2.74 bits per heavy atom. The van der Waals surface area contributed by atoms with Crippen molar-refractivity contribution >= 4 is 0 Å². The van der Waals surface area contributed by atoms with E-state index in [1.807, 2.05) is 17.1 Å². The summed E-state index contributed by atoms with van der Waals surface area (Å²) in [4.78, 5) is 4.07. The minimum Gasteiger partial charge on any atom is -0.310 e. The molecule has 0 radical (unpaired) electrons. The van der Waals surface area contributed by atoms with Crippen molar-refractivity contribution in [2.24, 2.45) is 5.92 Å². The van der Waals surface area contributed by atoms with Gasteiger partial charge in [0.25, 0.3) is 0 Å². The fraction of sp³-hybridized carbons (Fsp3) is 0.438. The van der Waals surface area contributed by atoms with E-state index < -0.39 is 0 Å². The zero-order valence-corrected chi connectivity index (χ0v) is 11.4. The third-order valence-electron chi connectivity index (χ3n) is 4.17. The molecular formula is C16H21N3. The van der Waals surface area contributed by atoms with Crippen LogP contribution in [0, 0.1) is 5.92 Å². The fourth-order valence-electron chi connectivity index (χ4n) is 2.90. The van der Waals surface area contributed by atoms with Crippen LogP contribution in [0.15, 0.2) is 43.0 Å². The molecule has 1 aliphatic carbocycles. The first-order valence-electron chi connectivity index (χ1n) is 7.13. The van der Waals surface area contributed by atoms with Crippen molar-refractivity contribution < 1.29 is 0 Å². The molecule has 2 atom stereocenters. The summed E-state index contributed by atoms with van der Waals surface area (Å²) in [6.07, 6.45) is 9.67. The molecule has 1 N–H and O–H groups in total. The lowest BCUT2D eigenvalue weighted by atomic mass is 10.1. The third kappa shape index (κ3) is 2.87. The highest BCUT2D eigenvalue weighted by Gasteiger charge is 2.22. The molecule has 0 saturated heterocycles. The van der Waals surface area contributed by atoms with Gasteiger partial charge in [-0.3, -0.25) is 0 Å². The van der Waals surface area contributed by atoms with Gasteiger partial charge in [-0.05, 0) is 36.5 Å². The summed E-state index contributed by atoms with van der Waals surface area (Å²) in [5.74, 6) is 0.824. The van der Waals surface area contributed by atoms with Crippen LogP contribution in [0.3, 0.4) is 0 Å². The number of benzene rings is 1. The van der Waals surface area contributed by atoms with Crippen molar-refractivity contribution in [2.45, 2.75) is 38.8 Å². The summed E-state index contributed by atoms with van der Waals surface area (Å²) in [6.45, 7) is 3.33. The Kier molecular flexibility index (Phi) is 3.65. The standard InChI is InChI=1S/C16H21N3/c1-13-3-2-4-16(13)18-11-14-5-7-15(8-6-14)19-10-9-17-12-19/h5-10,12-13,16,18H,2-4,11H2,1H3. The number of aromatic nitrogens is 2. The van der Waals surface area contributed by atoms with E-state index in [1.54, 1.807) is 6.20 Å². The molecule has 3 rings (SSSR count). The Morgan fingerprint density at radius 1 is 1.26 bits per heavy atom. The predicted octanol–water partition coefficient (Wildman–Crippen LogP) is 3.15. The van der Waals surface area contributed by atoms with Gasteiger partial charge in [-0.15, -0.1) is 0 Å². The molecule has 1 aromatic carbocycles. The molecule has 100 valence electrons. The van der Waals surface area contributed by atoms with Gasteiger partial charge < -0.3 is 9.88 Å². The van der Waals surface area contributed by atoms with E-state index in [9.17, 15) is 0 Å². The van der Waals surface area contributed by atoms with Crippen molar-refractivity contribution in [1.29, 1.82) is 0 Å². The highest BCUT2D eigenvalue weighted by Crippen LogP contribution is 2.25. The molecule has 1 aromatic heterocycles. The second-order valence-electron chi connectivity index (χ2n) is 5.53. The first kappa shape index (κ1) is 12.4. The maximum atomic E-state index is 4.07. The van der Waals surface area contributed by atoms with Crippen LogP contribution in [-0.4, -0.2) is 15.6 Å². The summed E-state index contributed by atoms with van der Waals surface area (Å²) in [5.41, 5.74) is 2.51. The first-order chi connectivity index (χ1) is 9.33. The van der Waals surface area contributed by atoms with E-state index in [0.29, 0.717) is 6.04 Å². The minimum atomic E-state index is 0.702. The smallest absolute Gasteiger partial charge is 0.0991 e. The third-order valence-corrected chi connectivity index (χ3v) is 4.17. The zero-order chi connectivity index (χ0) is 13.1. The SMILES string of the molecule is CC1CCCC1NCc1ccc(-n2ccnc2)cc1. The van der Waals surface area contributed by atoms with Crippen LogP contribution in [0.4, 0.5) is 0 Å². The zero-order valence-electron chi connectivity index (χ0n) is 11.4. The van der Waals surface area contributed by atoms with E-state index in [0.717, 1.165) is 18.2 Å². The van der Waals surface area contributed by atoms with Gasteiger partial charge in [0.15, 0.2) is 0 Å². The van der Waals surface area contributed by atoms with E-state index in [-0.39, 0.29) is 0 Å². The molecule has 0 spiro atoms. The number of hydrogen-bond donors (Lipinski definition) is 1. The molecule has 1 fully saturated rings. The monoisotopic (exact) mass is 255 g/mol. The average Bonchev–Trinajstić information content (AvgIpc) is 3.09. The van der Waals surface area contributed by atoms with Gasteiger partial charge >= 0.3 is 0 Å². The Balaban J connectivity index is 1.60. The summed E-state index contributed by atoms with van der Waals surface area (Å²) in [5, 5.41) is 3.68. The largest absolute Gasteiger partial charge is 0.310 e. The van der Waals surface area contributed by atoms with E-state index in [4.69, 9.17) is 0 Å². The van der Waals surface area contributed by atoms with Crippen molar-refractivity contribution in [3.63, 3.8) is 0 Å². The van der Waals surface area contributed by atoms with Gasteiger partial charge in [-0.1, -0.05) is 25.5 Å². The molecule has 2 unspecified atom stereocenters. The average molecular weight is 255 g/mol. The molecular weight excluding hydrogens is 234 g/mol. The Hall–Kier alpha value is -1.61. The molecule has 3 nitrogen and oxygen atoms in total. The second kappa shape index (κ2) is 5.57. The van der Waals surface area contributed by atoms with Gasteiger partial charge in [0.2, 0.25) is 0 Å². The molecule has 1 heterocycles. The van der Waals surface area contributed by atoms with Crippen LogP contribution in [0.1, 0.15) is 31.7 Å². The van der Waals surface area contributed by atoms with Crippen molar-refractivity contribution in [2.75, 3.05) is 0 Å². The number of rotatable bonds is 4. The summed E-state index contributed by atoms with van der Waals surface area (Å²) in [7, 11) is 0. The number of nitrogens with zero attached hydrogens (tertiary/aromatic N) is 2. The lowest BCUT2D eigenvalue weighted by Crippen LogP contribution is -2.30. The van der Waals surface area contributed by atoms with Gasteiger partial charge in [0.05, 0.1) is 6.33 Å². The van der Waals surface area contributed by atoms with Crippen molar-refractivity contribution in [3.8, 4) is 5.69 Å². The molecule has 19 heavy (non-hydrogen) atoms. The molecule has 0 aliphatic heterocycles. The number of hydrogen-bond acceptors (Lipinski definition) is 2. The fourth-order valence-corrected chi connectivity index (χ4v) is 2.90. The van der Waals surface area contributed by atoms with Gasteiger partial charge in [-0.25, -0.2) is 4.98 Å². The van der Waals surface area contributed by atoms with E-state index >= 15 is 0 Å². The topological polar surface area (TPSA) is 29.9 Å². The maximum absolute atomic E-state index is 4.07. The highest BCUT2D eigenvalue weighted by molar-refractivity contribution is 5.34. The maximum Gasteiger partial charge on any atom is 0.0991 e. The quantitative estimate of drug-likeness (QED) is 0.909. The van der Waals surface area contributed by atoms with Crippen LogP contribution < -0.4 is 5.32 Å². The number of nitrogens with one attached hydrogen (secondary N) is 1. The lowest BCUT2D eigenvalue weighted by molar-refractivity contribution is 0.426. The molecule has 0 bridgehead atoms. The highest BCUT2D eigenvalue weighted by atomic mass is 15.0. The summed E-state index contributed by atoms with van der Waals surface area (Å²) in [6, 6.07) is 9.39.